The molecule has 98 valence electrons. The standard InChI is InChI=1S/C15H21NOS/c17-15(16-11-5-2-6-12-16)10-7-13-18-14-8-3-1-4-9-14/h1,3-4,8-9H,2,5-7,10-13H2. The Morgan fingerprint density at radius 1 is 1.11 bits per heavy atom. The molecule has 0 saturated carbocycles. The molecular formula is C15H21NOS. The van der Waals surface area contributed by atoms with Gasteiger partial charge in [0, 0.05) is 24.4 Å². The molecule has 3 heteroatoms. The molecule has 1 aromatic carbocycles. The largest absolute Gasteiger partial charge is 0.343 e. The van der Waals surface area contributed by atoms with E-state index in [1.807, 2.05) is 22.7 Å². The van der Waals surface area contributed by atoms with Crippen molar-refractivity contribution in [3.8, 4) is 0 Å². The summed E-state index contributed by atoms with van der Waals surface area (Å²) in [6.07, 6.45) is 5.34. The first-order valence-electron chi connectivity index (χ1n) is 6.82. The summed E-state index contributed by atoms with van der Waals surface area (Å²) >= 11 is 1.84. The van der Waals surface area contributed by atoms with Crippen molar-refractivity contribution < 1.29 is 4.79 Å². The summed E-state index contributed by atoms with van der Waals surface area (Å²) < 4.78 is 0. The van der Waals surface area contributed by atoms with Gasteiger partial charge in [-0.3, -0.25) is 4.79 Å². The Hall–Kier alpha value is -0.960. The number of piperidine rings is 1. The van der Waals surface area contributed by atoms with Crippen LogP contribution < -0.4 is 0 Å². The summed E-state index contributed by atoms with van der Waals surface area (Å²) in [5.41, 5.74) is 0. The van der Waals surface area contributed by atoms with Gasteiger partial charge in [-0.15, -0.1) is 11.8 Å². The van der Waals surface area contributed by atoms with Crippen LogP contribution in [0, 0.1) is 0 Å². The second-order valence-electron chi connectivity index (χ2n) is 4.71. The van der Waals surface area contributed by atoms with Gasteiger partial charge in [-0.25, -0.2) is 0 Å². The van der Waals surface area contributed by atoms with E-state index in [1.165, 1.54) is 24.2 Å². The van der Waals surface area contributed by atoms with Crippen LogP contribution in [0.1, 0.15) is 32.1 Å². The Bertz CT molecular complexity index is 360. The number of hydrogen-bond acceptors (Lipinski definition) is 2. The highest BCUT2D eigenvalue weighted by Gasteiger charge is 2.15. The van der Waals surface area contributed by atoms with Gasteiger partial charge < -0.3 is 4.90 Å². The lowest BCUT2D eigenvalue weighted by Crippen LogP contribution is -2.35. The third-order valence-electron chi connectivity index (χ3n) is 3.26. The topological polar surface area (TPSA) is 20.3 Å². The number of nitrogens with zero attached hydrogens (tertiary/aromatic N) is 1. The fourth-order valence-electron chi connectivity index (χ4n) is 2.23. The van der Waals surface area contributed by atoms with E-state index in [1.54, 1.807) is 0 Å². The SMILES string of the molecule is O=C(CCCSc1ccccc1)N1CCCCC1. The fraction of sp³-hybridized carbons (Fsp3) is 0.533. The molecule has 2 nitrogen and oxygen atoms in total. The van der Waals surface area contributed by atoms with Crippen LogP contribution in [0.15, 0.2) is 35.2 Å². The summed E-state index contributed by atoms with van der Waals surface area (Å²) in [5, 5.41) is 0. The third kappa shape index (κ3) is 4.37. The number of rotatable bonds is 5. The number of benzene rings is 1. The van der Waals surface area contributed by atoms with Gasteiger partial charge in [-0.2, -0.15) is 0 Å². The Kier molecular flexibility index (Phi) is 5.59. The number of carbonyl (C=O) groups is 1. The molecule has 2 rings (SSSR count). The summed E-state index contributed by atoms with van der Waals surface area (Å²) in [5.74, 6) is 1.38. The molecular weight excluding hydrogens is 242 g/mol. The molecule has 0 unspecified atom stereocenters. The van der Waals surface area contributed by atoms with Gasteiger partial charge in [-0.1, -0.05) is 18.2 Å². The first-order chi connectivity index (χ1) is 8.86. The normalized spacial score (nSPS) is 15.7. The van der Waals surface area contributed by atoms with E-state index >= 15 is 0 Å². The van der Waals surface area contributed by atoms with Crippen molar-refractivity contribution in [3.63, 3.8) is 0 Å². The molecule has 1 fully saturated rings. The molecule has 1 aliphatic heterocycles. The van der Waals surface area contributed by atoms with Crippen LogP contribution in [0.5, 0.6) is 0 Å². The number of carbonyl (C=O) groups excluding carboxylic acids is 1. The zero-order valence-corrected chi connectivity index (χ0v) is 11.6. The van der Waals surface area contributed by atoms with E-state index < -0.39 is 0 Å². The minimum absolute atomic E-state index is 0.350. The Balaban J connectivity index is 1.61. The predicted octanol–water partition coefficient (Wildman–Crippen LogP) is 3.57. The van der Waals surface area contributed by atoms with Gasteiger partial charge in [0.2, 0.25) is 5.91 Å². The van der Waals surface area contributed by atoms with E-state index in [-0.39, 0.29) is 0 Å². The van der Waals surface area contributed by atoms with Gasteiger partial charge in [0.1, 0.15) is 0 Å². The number of hydrogen-bond donors (Lipinski definition) is 0. The summed E-state index contributed by atoms with van der Waals surface area (Å²) in [7, 11) is 0. The van der Waals surface area contributed by atoms with Crippen LogP contribution in [0.25, 0.3) is 0 Å². The van der Waals surface area contributed by atoms with E-state index in [9.17, 15) is 4.79 Å². The quantitative estimate of drug-likeness (QED) is 0.598. The highest BCUT2D eigenvalue weighted by Crippen LogP contribution is 2.19. The lowest BCUT2D eigenvalue weighted by Gasteiger charge is -2.26. The van der Waals surface area contributed by atoms with Gasteiger partial charge in [-0.05, 0) is 43.6 Å². The molecule has 0 aliphatic carbocycles. The monoisotopic (exact) mass is 263 g/mol. The zero-order valence-electron chi connectivity index (χ0n) is 10.8. The molecule has 0 aromatic heterocycles. The zero-order chi connectivity index (χ0) is 12.6. The van der Waals surface area contributed by atoms with Crippen LogP contribution in [-0.2, 0) is 4.79 Å². The van der Waals surface area contributed by atoms with Crippen molar-refractivity contribution in [1.82, 2.24) is 4.90 Å². The second kappa shape index (κ2) is 7.47. The van der Waals surface area contributed by atoms with Crippen molar-refractivity contribution in [3.05, 3.63) is 30.3 Å². The maximum Gasteiger partial charge on any atom is 0.222 e. The maximum absolute atomic E-state index is 11.9. The Labute approximate surface area is 114 Å². The van der Waals surface area contributed by atoms with Gasteiger partial charge >= 0.3 is 0 Å². The van der Waals surface area contributed by atoms with Crippen LogP contribution in [-0.4, -0.2) is 29.6 Å². The van der Waals surface area contributed by atoms with Crippen LogP contribution in [0.4, 0.5) is 0 Å². The van der Waals surface area contributed by atoms with Crippen LogP contribution >= 0.6 is 11.8 Å². The van der Waals surface area contributed by atoms with Gasteiger partial charge in [0.25, 0.3) is 0 Å². The summed E-state index contributed by atoms with van der Waals surface area (Å²) in [6, 6.07) is 10.4. The first kappa shape index (κ1) is 13.5. The summed E-state index contributed by atoms with van der Waals surface area (Å²) in [4.78, 5) is 15.3. The molecule has 1 amide bonds. The van der Waals surface area contributed by atoms with Crippen molar-refractivity contribution in [1.29, 1.82) is 0 Å². The smallest absolute Gasteiger partial charge is 0.222 e. The van der Waals surface area contributed by atoms with Crippen LogP contribution in [0.2, 0.25) is 0 Å². The lowest BCUT2D eigenvalue weighted by molar-refractivity contribution is -0.132. The van der Waals surface area contributed by atoms with Gasteiger partial charge in [0.15, 0.2) is 0 Å². The average molecular weight is 263 g/mol. The molecule has 1 aliphatic rings. The highest BCUT2D eigenvalue weighted by atomic mass is 32.2. The van der Waals surface area contributed by atoms with Crippen molar-refractivity contribution in [2.24, 2.45) is 0 Å². The number of amides is 1. The van der Waals surface area contributed by atoms with E-state index in [0.717, 1.165) is 25.3 Å². The van der Waals surface area contributed by atoms with Crippen LogP contribution in [0.3, 0.4) is 0 Å². The second-order valence-corrected chi connectivity index (χ2v) is 5.87. The molecule has 0 N–H and O–H groups in total. The van der Waals surface area contributed by atoms with E-state index in [4.69, 9.17) is 0 Å². The lowest BCUT2D eigenvalue weighted by atomic mass is 10.1. The van der Waals surface area contributed by atoms with Crippen molar-refractivity contribution >= 4 is 17.7 Å². The molecule has 1 aromatic rings. The molecule has 18 heavy (non-hydrogen) atoms. The maximum atomic E-state index is 11.9. The Morgan fingerprint density at radius 3 is 2.56 bits per heavy atom. The van der Waals surface area contributed by atoms with E-state index in [2.05, 4.69) is 24.3 Å². The fourth-order valence-corrected chi connectivity index (χ4v) is 3.11. The predicted molar refractivity (Wildman–Crippen MR) is 76.8 cm³/mol. The summed E-state index contributed by atoms with van der Waals surface area (Å²) in [6.45, 7) is 1.95. The minimum Gasteiger partial charge on any atom is -0.343 e. The van der Waals surface area contributed by atoms with E-state index in [0.29, 0.717) is 12.3 Å². The molecule has 0 bridgehead atoms. The number of thioether (sulfide) groups is 1. The molecule has 0 radical (unpaired) electrons. The number of likely N-dealkylation sites (tertiary alicyclic amines) is 1. The molecule has 1 heterocycles. The van der Waals surface area contributed by atoms with Crippen molar-refractivity contribution in [2.45, 2.75) is 37.0 Å². The molecule has 0 atom stereocenters. The highest BCUT2D eigenvalue weighted by molar-refractivity contribution is 7.99. The first-order valence-corrected chi connectivity index (χ1v) is 7.80. The van der Waals surface area contributed by atoms with Gasteiger partial charge in [0.05, 0.1) is 0 Å². The minimum atomic E-state index is 0.350. The third-order valence-corrected chi connectivity index (χ3v) is 4.35. The van der Waals surface area contributed by atoms with Crippen molar-refractivity contribution in [2.75, 3.05) is 18.8 Å². The molecule has 1 saturated heterocycles. The average Bonchev–Trinajstić information content (AvgIpc) is 2.45. The Morgan fingerprint density at radius 2 is 1.83 bits per heavy atom. The molecule has 0 spiro atoms.